The summed E-state index contributed by atoms with van der Waals surface area (Å²) in [6, 6.07) is 1.33. The lowest BCUT2D eigenvalue weighted by molar-refractivity contribution is -0.0259. The molecule has 4 nitrogen and oxygen atoms in total. The predicted octanol–water partition coefficient (Wildman–Crippen LogP) is 3.42. The van der Waals surface area contributed by atoms with Crippen LogP contribution in [0.5, 0.6) is 11.5 Å². The van der Waals surface area contributed by atoms with Crippen LogP contribution in [0.3, 0.4) is 0 Å². The first kappa shape index (κ1) is 7.96. The number of aliphatic hydroxyl groups excluding tert-OH is 1. The molecule has 2 aliphatic heterocycles. The van der Waals surface area contributed by atoms with Gasteiger partial charge in [-0.1, -0.05) is 20.6 Å². The third kappa shape index (κ3) is 3.40. The van der Waals surface area contributed by atoms with Crippen LogP contribution in [0.1, 0.15) is 67.0 Å². The number of ether oxygens (including phenoxy) is 2. The van der Waals surface area contributed by atoms with Crippen molar-refractivity contribution in [3.63, 3.8) is 0 Å². The van der Waals surface area contributed by atoms with E-state index in [9.17, 15) is 6.48 Å². The number of aliphatic hydroxyl groups is 1. The van der Waals surface area contributed by atoms with Crippen molar-refractivity contribution in [3.8, 4) is 11.5 Å². The summed E-state index contributed by atoms with van der Waals surface area (Å²) in [7, 11) is -1.43. The summed E-state index contributed by atoms with van der Waals surface area (Å²) in [5, 5.41) is 11.1. The van der Waals surface area contributed by atoms with Crippen LogP contribution in [0, 0.1) is 11.3 Å². The van der Waals surface area contributed by atoms with E-state index < -0.39 is 50.6 Å². The first-order valence-corrected chi connectivity index (χ1v) is 7.94. The van der Waals surface area contributed by atoms with Crippen LogP contribution in [0.15, 0.2) is 12.1 Å². The lowest BCUT2D eigenvalue weighted by atomic mass is 9.75. The van der Waals surface area contributed by atoms with Gasteiger partial charge in [0.05, 0.1) is 25.7 Å². The number of nitrogens with zero attached hydrogens (tertiary/aromatic N) is 1. The summed E-state index contributed by atoms with van der Waals surface area (Å²) in [6.07, 6.45) is -4.40. The summed E-state index contributed by atoms with van der Waals surface area (Å²) in [5.74, 6) is -1.37. The third-order valence-corrected chi connectivity index (χ3v) is 4.60. The number of benzene rings is 1. The maximum atomic E-state index is 11.1. The van der Waals surface area contributed by atoms with Crippen LogP contribution < -0.4 is 9.47 Å². The Morgan fingerprint density at radius 2 is 2.21 bits per heavy atom. The van der Waals surface area contributed by atoms with Crippen LogP contribution in [0.4, 0.5) is 0 Å². The Balaban J connectivity index is 2.05. The Morgan fingerprint density at radius 1 is 1.42 bits per heavy atom. The molecule has 2 heterocycles. The second kappa shape index (κ2) is 6.57. The molecule has 0 aliphatic carbocycles. The van der Waals surface area contributed by atoms with Crippen molar-refractivity contribution in [2.45, 2.75) is 52.0 Å². The number of rotatable bonds is 3. The molecule has 3 unspecified atom stereocenters. The van der Waals surface area contributed by atoms with Crippen LogP contribution in [0.25, 0.3) is 0 Å². The van der Waals surface area contributed by atoms with E-state index in [1.54, 1.807) is 11.0 Å². The Hall–Kier alpha value is -1.26. The maximum Gasteiger partial charge on any atom is 0.161 e. The van der Waals surface area contributed by atoms with E-state index in [2.05, 4.69) is 0 Å². The van der Waals surface area contributed by atoms with Gasteiger partial charge >= 0.3 is 0 Å². The van der Waals surface area contributed by atoms with Crippen molar-refractivity contribution >= 4 is 0 Å². The molecule has 1 saturated heterocycles. The van der Waals surface area contributed by atoms with Crippen molar-refractivity contribution in [3.05, 3.63) is 23.3 Å². The van der Waals surface area contributed by atoms with Crippen molar-refractivity contribution in [1.82, 2.24) is 4.90 Å². The van der Waals surface area contributed by atoms with Gasteiger partial charge in [0.1, 0.15) is 0 Å². The van der Waals surface area contributed by atoms with E-state index in [0.717, 1.165) is 6.92 Å². The molecule has 24 heavy (non-hydrogen) atoms. The van der Waals surface area contributed by atoms with Crippen molar-refractivity contribution in [1.29, 1.82) is 0 Å². The highest BCUT2D eigenvalue weighted by Gasteiger charge is 2.39. The fourth-order valence-electron chi connectivity index (χ4n) is 3.53. The largest absolute Gasteiger partial charge is 0.493 e. The van der Waals surface area contributed by atoms with Gasteiger partial charge in [0.2, 0.25) is 0 Å². The monoisotopic (exact) mass is 345 g/mol. The summed E-state index contributed by atoms with van der Waals surface area (Å²) >= 11 is 0. The molecule has 0 amide bonds. The first-order valence-electron chi connectivity index (χ1n) is 13.9. The Bertz CT molecular complexity index is 976. The molecule has 3 rings (SSSR count). The molecule has 0 aromatic heterocycles. The summed E-state index contributed by atoms with van der Waals surface area (Å²) in [5.41, 5.74) is -1.77. The highest BCUT2D eigenvalue weighted by molar-refractivity contribution is 5.49. The normalized spacial score (nSPS) is 40.0. The zero-order valence-corrected chi connectivity index (χ0v) is 13.8. The highest BCUT2D eigenvalue weighted by Crippen LogP contribution is 2.44. The minimum absolute atomic E-state index is 0.117. The number of hydrogen-bond acceptors (Lipinski definition) is 4. The van der Waals surface area contributed by atoms with Gasteiger partial charge in [-0.25, -0.2) is 0 Å². The number of hydrogen-bond donors (Lipinski definition) is 1. The molecule has 0 saturated carbocycles. The summed E-state index contributed by atoms with van der Waals surface area (Å²) < 4.78 is 106. The molecular weight excluding hydrogens is 302 g/mol. The molecule has 0 bridgehead atoms. The quantitative estimate of drug-likeness (QED) is 0.911. The molecule has 0 spiro atoms. The molecule has 1 N–H and O–H groups in total. The zero-order chi connectivity index (χ0) is 27.7. The smallest absolute Gasteiger partial charge is 0.161 e. The molecule has 1 aromatic rings. The van der Waals surface area contributed by atoms with Crippen LogP contribution in [-0.2, 0) is 6.42 Å². The second-order valence-electron chi connectivity index (χ2n) is 6.55. The van der Waals surface area contributed by atoms with Crippen LogP contribution in [-0.4, -0.2) is 43.3 Å². The lowest BCUT2D eigenvalue weighted by Gasteiger charge is -2.47. The zero-order valence-electron chi connectivity index (χ0n) is 25.8. The Kier molecular flexibility index (Phi) is 2.18. The maximum absolute atomic E-state index is 11.1. The second-order valence-corrected chi connectivity index (χ2v) is 6.55. The van der Waals surface area contributed by atoms with Gasteiger partial charge < -0.3 is 14.6 Å². The lowest BCUT2D eigenvalue weighted by Crippen LogP contribution is -2.48. The summed E-state index contributed by atoms with van der Waals surface area (Å²) in [4.78, 5) is 1.57. The Morgan fingerprint density at radius 3 is 2.92 bits per heavy atom. The predicted molar refractivity (Wildman–Crippen MR) is 95.7 cm³/mol. The van der Waals surface area contributed by atoms with Gasteiger partial charge in [0, 0.05) is 30.1 Å². The van der Waals surface area contributed by atoms with Gasteiger partial charge in [-0.2, -0.15) is 0 Å². The fourth-order valence-corrected chi connectivity index (χ4v) is 3.53. The number of methoxy groups -OCH3 is 2. The van der Waals surface area contributed by atoms with Crippen LogP contribution >= 0.6 is 0 Å². The molecule has 1 aromatic carbocycles. The van der Waals surface area contributed by atoms with E-state index in [0.29, 0.717) is 17.5 Å². The van der Waals surface area contributed by atoms with Gasteiger partial charge in [-0.05, 0) is 53.8 Å². The average molecular weight is 346 g/mol. The Labute approximate surface area is 162 Å². The average Bonchev–Trinajstić information content (AvgIpc) is 2.69. The summed E-state index contributed by atoms with van der Waals surface area (Å²) in [6.45, 7) is -5.58. The van der Waals surface area contributed by atoms with Gasteiger partial charge in [-0.3, -0.25) is 4.90 Å². The minimum atomic E-state index is -3.20. The SMILES string of the molecule is [2H]C([2H])([2H])Oc1cc2c(cc1OC)CCN1CC(C([2H])([2H])C(C)(C([2H])([2H])[2H])C([2H])([2H])[2H])C(O)CC21[2H]. The van der Waals surface area contributed by atoms with Crippen molar-refractivity contribution in [2.75, 3.05) is 27.2 Å². The van der Waals surface area contributed by atoms with Gasteiger partial charge in [0.25, 0.3) is 0 Å². The standard InChI is InChI=1S/C20H31NO3/c1-20(2,3)11-14-12-21-7-6-13-8-18(23-4)19(24-5)9-15(13)16(21)10-17(14)22/h8-9,14,16-17,22H,6-7,10-12H2,1-5H3/i1D3,2D3,5D3,11D2,16D. The van der Waals surface area contributed by atoms with E-state index in [4.69, 9.17) is 24.6 Å². The molecular formula is C20H31NO3. The number of piperidine rings is 1. The van der Waals surface area contributed by atoms with Crippen LogP contribution in [0.2, 0.25) is 0 Å². The van der Waals surface area contributed by atoms with Gasteiger partial charge in [0.15, 0.2) is 11.5 Å². The topological polar surface area (TPSA) is 41.9 Å². The molecule has 3 atom stereocenters. The molecule has 1 fully saturated rings. The fraction of sp³-hybridized carbons (Fsp3) is 0.700. The minimum Gasteiger partial charge on any atom is -0.493 e. The van der Waals surface area contributed by atoms with Crippen molar-refractivity contribution in [2.24, 2.45) is 11.3 Å². The highest BCUT2D eigenvalue weighted by atomic mass is 16.5. The van der Waals surface area contributed by atoms with E-state index in [-0.39, 0.29) is 31.0 Å². The molecule has 0 radical (unpaired) electrons. The van der Waals surface area contributed by atoms with E-state index >= 15 is 0 Å². The van der Waals surface area contributed by atoms with E-state index in [1.165, 1.54) is 13.2 Å². The molecule has 2 aliphatic rings. The van der Waals surface area contributed by atoms with Gasteiger partial charge in [-0.15, -0.1) is 0 Å². The molecule has 4 heteroatoms. The number of fused-ring (bicyclic) bond motifs is 3. The van der Waals surface area contributed by atoms with Crippen molar-refractivity contribution < 1.29 is 31.0 Å². The first-order chi connectivity index (χ1) is 16.1. The molecule has 134 valence electrons. The third-order valence-electron chi connectivity index (χ3n) is 4.60. The van der Waals surface area contributed by atoms with E-state index in [1.807, 2.05) is 0 Å².